The van der Waals surface area contributed by atoms with E-state index in [1.807, 2.05) is 6.20 Å². The topological polar surface area (TPSA) is 35.2 Å². The van der Waals surface area contributed by atoms with Crippen molar-refractivity contribution in [1.82, 2.24) is 19.8 Å². The van der Waals surface area contributed by atoms with Gasteiger partial charge in [-0.15, -0.1) is 0 Å². The van der Waals surface area contributed by atoms with Crippen molar-refractivity contribution in [2.45, 2.75) is 6.17 Å². The molecule has 0 unspecified atom stereocenters. The first-order valence-corrected chi connectivity index (χ1v) is 4.18. The van der Waals surface area contributed by atoms with E-state index in [2.05, 4.69) is 33.9 Å². The minimum Gasteiger partial charge on any atom is -0.346 e. The van der Waals surface area contributed by atoms with E-state index < -0.39 is 0 Å². The van der Waals surface area contributed by atoms with E-state index in [-0.39, 0.29) is 0 Å². The molecule has 1 aromatic heterocycles. The van der Waals surface area contributed by atoms with Crippen LogP contribution in [-0.2, 0) is 0 Å². The Kier molecular flexibility index (Phi) is 1.86. The molecule has 1 aliphatic rings. The van der Waals surface area contributed by atoms with Crippen molar-refractivity contribution < 1.29 is 0 Å². The smallest absolute Gasteiger partial charge is 0.105 e. The van der Waals surface area contributed by atoms with Crippen LogP contribution in [0.4, 0.5) is 0 Å². The minimum atomic E-state index is 0.382. The van der Waals surface area contributed by atoms with Crippen molar-refractivity contribution in [1.29, 1.82) is 0 Å². The molecule has 0 amide bonds. The number of likely N-dealkylation sites (N-methyl/N-ethyl adjacent to an activating group) is 2. The van der Waals surface area contributed by atoms with Gasteiger partial charge >= 0.3 is 0 Å². The van der Waals surface area contributed by atoms with Gasteiger partial charge in [-0.3, -0.25) is 9.80 Å². The second-order valence-corrected chi connectivity index (χ2v) is 3.34. The molecule has 1 fully saturated rings. The zero-order valence-electron chi connectivity index (χ0n) is 7.49. The highest BCUT2D eigenvalue weighted by molar-refractivity contribution is 5.03. The number of imidazole rings is 1. The molecule has 0 aliphatic carbocycles. The lowest BCUT2D eigenvalue weighted by Gasteiger charge is -2.23. The fourth-order valence-corrected chi connectivity index (χ4v) is 1.78. The van der Waals surface area contributed by atoms with Gasteiger partial charge in [-0.1, -0.05) is 0 Å². The Hall–Kier alpha value is -0.870. The number of hydrogen-bond donors (Lipinski definition) is 1. The van der Waals surface area contributed by atoms with Crippen LogP contribution in [0.3, 0.4) is 0 Å². The Labute approximate surface area is 72.2 Å². The number of rotatable bonds is 1. The summed E-state index contributed by atoms with van der Waals surface area (Å²) in [6.07, 6.45) is 4.01. The first-order valence-electron chi connectivity index (χ1n) is 4.18. The molecular weight excluding hydrogens is 152 g/mol. The lowest BCUT2D eigenvalue weighted by atomic mass is 10.3. The van der Waals surface area contributed by atoms with Crippen molar-refractivity contribution in [2.75, 3.05) is 27.2 Å². The average Bonchev–Trinajstić information content (AvgIpc) is 2.61. The van der Waals surface area contributed by atoms with Crippen LogP contribution in [0.2, 0.25) is 0 Å². The number of hydrogen-bond acceptors (Lipinski definition) is 3. The molecule has 0 saturated carbocycles. The number of nitrogens with one attached hydrogen (secondary N) is 1. The molecular formula is C8H14N4. The third-order valence-corrected chi connectivity index (χ3v) is 2.44. The van der Waals surface area contributed by atoms with Crippen LogP contribution in [0.15, 0.2) is 12.5 Å². The van der Waals surface area contributed by atoms with Gasteiger partial charge in [-0.25, -0.2) is 4.98 Å². The zero-order chi connectivity index (χ0) is 8.55. The van der Waals surface area contributed by atoms with Crippen LogP contribution in [-0.4, -0.2) is 47.0 Å². The van der Waals surface area contributed by atoms with Gasteiger partial charge in [0, 0.05) is 13.1 Å². The van der Waals surface area contributed by atoms with E-state index in [4.69, 9.17) is 0 Å². The summed E-state index contributed by atoms with van der Waals surface area (Å²) >= 11 is 0. The molecule has 1 aliphatic heterocycles. The maximum absolute atomic E-state index is 4.03. The van der Waals surface area contributed by atoms with Gasteiger partial charge in [0.2, 0.25) is 0 Å². The minimum absolute atomic E-state index is 0.382. The van der Waals surface area contributed by atoms with Crippen LogP contribution in [0.5, 0.6) is 0 Å². The summed E-state index contributed by atoms with van der Waals surface area (Å²) in [7, 11) is 4.27. The van der Waals surface area contributed by atoms with Crippen LogP contribution >= 0.6 is 0 Å². The van der Waals surface area contributed by atoms with Crippen LogP contribution in [0.1, 0.15) is 11.9 Å². The van der Waals surface area contributed by atoms with Gasteiger partial charge in [-0.05, 0) is 14.1 Å². The van der Waals surface area contributed by atoms with Gasteiger partial charge in [0.25, 0.3) is 0 Å². The Balaban J connectivity index is 2.22. The SMILES string of the molecule is CN1CCN(C)C1c1cnc[nH]1. The van der Waals surface area contributed by atoms with Gasteiger partial charge < -0.3 is 4.98 Å². The molecule has 4 heteroatoms. The third kappa shape index (κ3) is 1.13. The quantitative estimate of drug-likeness (QED) is 0.651. The molecule has 0 aromatic carbocycles. The molecule has 12 heavy (non-hydrogen) atoms. The first kappa shape index (κ1) is 7.76. The van der Waals surface area contributed by atoms with Crippen molar-refractivity contribution in [3.8, 4) is 0 Å². The summed E-state index contributed by atoms with van der Waals surface area (Å²) in [4.78, 5) is 11.8. The zero-order valence-corrected chi connectivity index (χ0v) is 7.49. The van der Waals surface area contributed by atoms with E-state index in [1.165, 1.54) is 5.69 Å². The van der Waals surface area contributed by atoms with E-state index >= 15 is 0 Å². The molecule has 0 bridgehead atoms. The van der Waals surface area contributed by atoms with Crippen LogP contribution in [0.25, 0.3) is 0 Å². The van der Waals surface area contributed by atoms with E-state index in [9.17, 15) is 0 Å². The molecule has 0 radical (unpaired) electrons. The second kappa shape index (κ2) is 2.88. The molecule has 0 spiro atoms. The largest absolute Gasteiger partial charge is 0.346 e. The van der Waals surface area contributed by atoms with Crippen molar-refractivity contribution in [3.05, 3.63) is 18.2 Å². The summed E-state index contributed by atoms with van der Waals surface area (Å²) < 4.78 is 0. The predicted molar refractivity (Wildman–Crippen MR) is 46.6 cm³/mol. The predicted octanol–water partition coefficient (Wildman–Crippen LogP) is 0.285. The summed E-state index contributed by atoms with van der Waals surface area (Å²) in [6.45, 7) is 2.25. The number of aromatic amines is 1. The molecule has 1 aromatic rings. The van der Waals surface area contributed by atoms with E-state index in [0.29, 0.717) is 6.17 Å². The highest BCUT2D eigenvalue weighted by atomic mass is 15.4. The Morgan fingerprint density at radius 3 is 2.58 bits per heavy atom. The van der Waals surface area contributed by atoms with Gasteiger partial charge in [0.15, 0.2) is 0 Å². The second-order valence-electron chi connectivity index (χ2n) is 3.34. The molecule has 0 atom stereocenters. The third-order valence-electron chi connectivity index (χ3n) is 2.44. The lowest BCUT2D eigenvalue weighted by molar-refractivity contribution is 0.186. The van der Waals surface area contributed by atoms with Crippen molar-refractivity contribution >= 4 is 0 Å². The highest BCUT2D eigenvalue weighted by Crippen LogP contribution is 2.24. The Bertz CT molecular complexity index is 234. The highest BCUT2D eigenvalue weighted by Gasteiger charge is 2.28. The molecule has 1 N–H and O–H groups in total. The molecule has 2 rings (SSSR count). The normalized spacial score (nSPS) is 22.2. The van der Waals surface area contributed by atoms with Crippen molar-refractivity contribution in [3.63, 3.8) is 0 Å². The Morgan fingerprint density at radius 2 is 2.08 bits per heavy atom. The number of aromatic nitrogens is 2. The maximum Gasteiger partial charge on any atom is 0.105 e. The summed E-state index contributed by atoms with van der Waals surface area (Å²) in [5.41, 5.74) is 1.18. The first-order chi connectivity index (χ1) is 5.79. The van der Waals surface area contributed by atoms with E-state index in [0.717, 1.165) is 13.1 Å². The molecule has 2 heterocycles. The fourth-order valence-electron chi connectivity index (χ4n) is 1.78. The number of nitrogens with zero attached hydrogens (tertiary/aromatic N) is 3. The van der Waals surface area contributed by atoms with Crippen LogP contribution in [0, 0.1) is 0 Å². The Morgan fingerprint density at radius 1 is 1.42 bits per heavy atom. The van der Waals surface area contributed by atoms with E-state index in [1.54, 1.807) is 6.33 Å². The average molecular weight is 166 g/mol. The maximum atomic E-state index is 4.03. The molecule has 66 valence electrons. The summed E-state index contributed by atoms with van der Waals surface area (Å²) in [5, 5.41) is 0. The summed E-state index contributed by atoms with van der Waals surface area (Å²) in [6, 6.07) is 0. The van der Waals surface area contributed by atoms with Gasteiger partial charge in [0.1, 0.15) is 6.17 Å². The monoisotopic (exact) mass is 166 g/mol. The standard InChI is InChI=1S/C8H14N4/c1-11-3-4-12(2)8(11)7-5-9-6-10-7/h5-6,8H,3-4H2,1-2H3,(H,9,10). The van der Waals surface area contributed by atoms with Gasteiger partial charge in [-0.2, -0.15) is 0 Å². The lowest BCUT2D eigenvalue weighted by Crippen LogP contribution is -2.25. The molecule has 1 saturated heterocycles. The van der Waals surface area contributed by atoms with Gasteiger partial charge in [0.05, 0.1) is 18.2 Å². The fraction of sp³-hybridized carbons (Fsp3) is 0.625. The summed E-state index contributed by atoms with van der Waals surface area (Å²) in [5.74, 6) is 0. The number of H-pyrrole nitrogens is 1. The van der Waals surface area contributed by atoms with Crippen LogP contribution < -0.4 is 0 Å². The van der Waals surface area contributed by atoms with Crippen molar-refractivity contribution in [2.24, 2.45) is 0 Å². The molecule has 4 nitrogen and oxygen atoms in total.